The highest BCUT2D eigenvalue weighted by molar-refractivity contribution is 5.72. The minimum Gasteiger partial charge on any atom is -0.466 e. The van der Waals surface area contributed by atoms with E-state index < -0.39 is 0 Å². The van der Waals surface area contributed by atoms with Gasteiger partial charge in [-0.05, 0) is 19.3 Å². The highest BCUT2D eigenvalue weighted by Crippen LogP contribution is 2.10. The van der Waals surface area contributed by atoms with Gasteiger partial charge in [-0.2, -0.15) is 5.26 Å². The van der Waals surface area contributed by atoms with Crippen molar-refractivity contribution >= 4 is 11.9 Å². The van der Waals surface area contributed by atoms with Crippen LogP contribution in [0.2, 0.25) is 0 Å². The lowest BCUT2D eigenvalue weighted by Crippen LogP contribution is -2.15. The Balaban J connectivity index is 3.61. The molecule has 104 valence electrons. The van der Waals surface area contributed by atoms with Gasteiger partial charge in [0, 0.05) is 12.8 Å². The van der Waals surface area contributed by atoms with Gasteiger partial charge in [0.05, 0.1) is 18.6 Å². The average Bonchev–Trinajstić information content (AvgIpc) is 2.40. The number of esters is 2. The Morgan fingerprint density at radius 3 is 2.68 bits per heavy atom. The zero-order valence-corrected chi connectivity index (χ0v) is 11.2. The Kier molecular flexibility index (Phi) is 9.93. The van der Waals surface area contributed by atoms with E-state index in [2.05, 4.69) is 5.92 Å². The number of rotatable bonds is 9. The van der Waals surface area contributed by atoms with E-state index in [1.807, 2.05) is 6.07 Å². The molecular formula is C14H19NO4. The average molecular weight is 265 g/mol. The zero-order valence-electron chi connectivity index (χ0n) is 11.2. The van der Waals surface area contributed by atoms with Gasteiger partial charge in [-0.25, -0.2) is 0 Å². The molecule has 1 atom stereocenters. The first-order valence-electron chi connectivity index (χ1n) is 6.24. The molecule has 0 rings (SSSR count). The van der Waals surface area contributed by atoms with Crippen molar-refractivity contribution < 1.29 is 19.1 Å². The Hall–Kier alpha value is -2.01. The summed E-state index contributed by atoms with van der Waals surface area (Å²) in [6, 6.07) is 1.97. The summed E-state index contributed by atoms with van der Waals surface area (Å²) in [7, 11) is 0. The second-order valence-corrected chi connectivity index (χ2v) is 4.09. The van der Waals surface area contributed by atoms with Crippen LogP contribution in [0, 0.1) is 29.6 Å². The van der Waals surface area contributed by atoms with Crippen molar-refractivity contribution in [1.29, 1.82) is 5.26 Å². The smallest absolute Gasteiger partial charge is 0.309 e. The first kappa shape index (κ1) is 17.0. The molecule has 0 aromatic rings. The van der Waals surface area contributed by atoms with Gasteiger partial charge < -0.3 is 9.47 Å². The van der Waals surface area contributed by atoms with Crippen molar-refractivity contribution in [3.05, 3.63) is 0 Å². The highest BCUT2D eigenvalue weighted by Gasteiger charge is 2.14. The molecule has 0 spiro atoms. The summed E-state index contributed by atoms with van der Waals surface area (Å²) in [6.07, 6.45) is 7.28. The van der Waals surface area contributed by atoms with Crippen molar-refractivity contribution in [2.45, 2.75) is 39.0 Å². The van der Waals surface area contributed by atoms with Gasteiger partial charge in [-0.15, -0.1) is 6.42 Å². The maximum atomic E-state index is 11.4. The van der Waals surface area contributed by atoms with Crippen LogP contribution in [0.15, 0.2) is 0 Å². The van der Waals surface area contributed by atoms with Crippen molar-refractivity contribution in [1.82, 2.24) is 0 Å². The molecule has 0 heterocycles. The number of nitrogens with zero attached hydrogens (tertiary/aromatic N) is 1. The van der Waals surface area contributed by atoms with E-state index in [0.29, 0.717) is 25.7 Å². The van der Waals surface area contributed by atoms with Gasteiger partial charge in [0.25, 0.3) is 0 Å². The Morgan fingerprint density at radius 2 is 2.05 bits per heavy atom. The van der Waals surface area contributed by atoms with Gasteiger partial charge in [-0.1, -0.05) is 12.8 Å². The molecule has 0 fully saturated rings. The fourth-order valence-electron chi connectivity index (χ4n) is 1.33. The Labute approximate surface area is 113 Å². The van der Waals surface area contributed by atoms with E-state index >= 15 is 0 Å². The van der Waals surface area contributed by atoms with Crippen LogP contribution in [0.5, 0.6) is 0 Å². The summed E-state index contributed by atoms with van der Waals surface area (Å²) in [5.74, 6) is 1.29. The first-order chi connectivity index (χ1) is 9.11. The van der Waals surface area contributed by atoms with E-state index in [0.717, 1.165) is 0 Å². The summed E-state index contributed by atoms with van der Waals surface area (Å²) in [5.41, 5.74) is 0. The third kappa shape index (κ3) is 9.67. The van der Waals surface area contributed by atoms with Crippen LogP contribution in [0.3, 0.4) is 0 Å². The number of unbranched alkanes of at least 4 members (excludes halogenated alkanes) is 1. The third-order valence-corrected chi connectivity index (χ3v) is 2.41. The SMILES string of the molecule is C#CCOC(=O)C(C)CCCC(=O)OCCCC#N. The van der Waals surface area contributed by atoms with Crippen LogP contribution < -0.4 is 0 Å². The van der Waals surface area contributed by atoms with Crippen molar-refractivity contribution in [2.75, 3.05) is 13.2 Å². The minimum atomic E-state index is -0.347. The predicted octanol–water partition coefficient (Wildman–Crippen LogP) is 1.82. The molecule has 0 N–H and O–H groups in total. The highest BCUT2D eigenvalue weighted by atomic mass is 16.5. The number of nitriles is 1. The molecule has 5 nitrogen and oxygen atoms in total. The van der Waals surface area contributed by atoms with E-state index in [4.69, 9.17) is 21.2 Å². The molecule has 0 aliphatic rings. The molecule has 0 aromatic heterocycles. The van der Waals surface area contributed by atoms with Crippen molar-refractivity contribution in [2.24, 2.45) is 5.92 Å². The van der Waals surface area contributed by atoms with Gasteiger partial charge in [0.2, 0.25) is 0 Å². The number of carbonyl (C=O) groups excluding carboxylic acids is 2. The van der Waals surface area contributed by atoms with E-state index in [9.17, 15) is 9.59 Å². The molecule has 0 radical (unpaired) electrons. The van der Waals surface area contributed by atoms with Crippen LogP contribution in [-0.2, 0) is 19.1 Å². The summed E-state index contributed by atoms with van der Waals surface area (Å²) in [4.78, 5) is 22.6. The quantitative estimate of drug-likeness (QED) is 0.361. The first-order valence-corrected chi connectivity index (χ1v) is 6.24. The molecule has 0 aliphatic carbocycles. The van der Waals surface area contributed by atoms with Gasteiger partial charge in [0.15, 0.2) is 6.61 Å². The third-order valence-electron chi connectivity index (χ3n) is 2.41. The van der Waals surface area contributed by atoms with Gasteiger partial charge >= 0.3 is 11.9 Å². The molecule has 1 unspecified atom stereocenters. The second-order valence-electron chi connectivity index (χ2n) is 4.09. The molecule has 0 aliphatic heterocycles. The fourth-order valence-corrected chi connectivity index (χ4v) is 1.33. The minimum absolute atomic E-state index is 0.0237. The number of hydrogen-bond acceptors (Lipinski definition) is 5. The van der Waals surface area contributed by atoms with Crippen molar-refractivity contribution in [3.8, 4) is 18.4 Å². The fraction of sp³-hybridized carbons (Fsp3) is 0.643. The monoisotopic (exact) mass is 265 g/mol. The molecule has 5 heteroatoms. The lowest BCUT2D eigenvalue weighted by molar-refractivity contribution is -0.148. The zero-order chi connectivity index (χ0) is 14.5. The molecule has 0 saturated carbocycles. The summed E-state index contributed by atoms with van der Waals surface area (Å²) in [5, 5.41) is 8.30. The van der Waals surface area contributed by atoms with Gasteiger partial charge in [-0.3, -0.25) is 9.59 Å². The van der Waals surface area contributed by atoms with Crippen LogP contribution in [0.4, 0.5) is 0 Å². The molecule has 0 saturated heterocycles. The molecular weight excluding hydrogens is 246 g/mol. The maximum Gasteiger partial charge on any atom is 0.309 e. The summed E-state index contributed by atoms with van der Waals surface area (Å²) < 4.78 is 9.70. The standard InChI is InChI=1S/C14H19NO4/c1-3-10-19-14(17)12(2)7-6-8-13(16)18-11-5-4-9-15/h1,12H,4-8,10-11H2,2H3. The van der Waals surface area contributed by atoms with Crippen LogP contribution >= 0.6 is 0 Å². The summed E-state index contributed by atoms with van der Waals surface area (Å²) >= 11 is 0. The number of hydrogen-bond donors (Lipinski definition) is 0. The lowest BCUT2D eigenvalue weighted by atomic mass is 10.0. The van der Waals surface area contributed by atoms with E-state index in [1.54, 1.807) is 6.92 Å². The maximum absolute atomic E-state index is 11.4. The van der Waals surface area contributed by atoms with Crippen LogP contribution in [0.1, 0.15) is 39.0 Å². The molecule has 0 amide bonds. The largest absolute Gasteiger partial charge is 0.466 e. The summed E-state index contributed by atoms with van der Waals surface area (Å²) in [6.45, 7) is 1.98. The number of ether oxygens (including phenoxy) is 2. The van der Waals surface area contributed by atoms with E-state index in [1.165, 1.54) is 0 Å². The molecule has 0 bridgehead atoms. The van der Waals surface area contributed by atoms with E-state index in [-0.39, 0.29) is 37.5 Å². The normalized spacial score (nSPS) is 10.9. The predicted molar refractivity (Wildman–Crippen MR) is 68.6 cm³/mol. The topological polar surface area (TPSA) is 76.4 Å². The Bertz CT molecular complexity index is 365. The Morgan fingerprint density at radius 1 is 1.32 bits per heavy atom. The second kappa shape index (κ2) is 11.1. The number of terminal acetylenes is 1. The van der Waals surface area contributed by atoms with Gasteiger partial charge in [0.1, 0.15) is 0 Å². The molecule has 19 heavy (non-hydrogen) atoms. The van der Waals surface area contributed by atoms with Crippen LogP contribution in [0.25, 0.3) is 0 Å². The van der Waals surface area contributed by atoms with Crippen LogP contribution in [-0.4, -0.2) is 25.2 Å². The van der Waals surface area contributed by atoms with Crippen molar-refractivity contribution in [3.63, 3.8) is 0 Å². The number of carbonyl (C=O) groups is 2. The molecule has 0 aromatic carbocycles. The lowest BCUT2D eigenvalue weighted by Gasteiger charge is -2.09.